The van der Waals surface area contributed by atoms with Crippen LogP contribution in [0.15, 0.2) is 39.7 Å². The Hall–Kier alpha value is -1.31. The van der Waals surface area contributed by atoms with Gasteiger partial charge in [-0.2, -0.15) is 0 Å². The van der Waals surface area contributed by atoms with E-state index in [9.17, 15) is 4.79 Å². The SMILES string of the molecule is Cl.NCCCc1cc(-c2ccc(Cl)cc2)oc1/C=C1/SC(=S)N(C2C3CC4CC(C3)CC2C4)C1=O. The first-order valence-electron chi connectivity index (χ1n) is 12.4. The molecule has 4 aliphatic carbocycles. The van der Waals surface area contributed by atoms with Crippen molar-refractivity contribution in [2.75, 3.05) is 6.54 Å². The van der Waals surface area contributed by atoms with Gasteiger partial charge in [0.2, 0.25) is 0 Å². The summed E-state index contributed by atoms with van der Waals surface area (Å²) < 4.78 is 6.98. The Balaban J connectivity index is 0.00000253. The minimum atomic E-state index is 0. The van der Waals surface area contributed by atoms with E-state index in [1.807, 2.05) is 35.2 Å². The highest BCUT2D eigenvalue weighted by molar-refractivity contribution is 8.26. The van der Waals surface area contributed by atoms with Crippen LogP contribution in [0.5, 0.6) is 0 Å². The van der Waals surface area contributed by atoms with Gasteiger partial charge in [-0.25, -0.2) is 0 Å². The van der Waals surface area contributed by atoms with Crippen LogP contribution in [0.2, 0.25) is 5.02 Å². The lowest BCUT2D eigenvalue weighted by Gasteiger charge is -2.56. The van der Waals surface area contributed by atoms with Gasteiger partial charge in [-0.15, -0.1) is 12.4 Å². The van der Waals surface area contributed by atoms with Crippen molar-refractivity contribution in [3.63, 3.8) is 0 Å². The molecule has 8 heteroatoms. The number of nitrogens with zero attached hydrogens (tertiary/aromatic N) is 1. The van der Waals surface area contributed by atoms with Gasteiger partial charge in [0, 0.05) is 22.7 Å². The first kappa shape index (κ1) is 25.3. The highest BCUT2D eigenvalue weighted by Crippen LogP contribution is 2.56. The van der Waals surface area contributed by atoms with Gasteiger partial charge in [0.05, 0.1) is 4.91 Å². The van der Waals surface area contributed by atoms with Crippen molar-refractivity contribution in [3.05, 3.63) is 51.6 Å². The quantitative estimate of drug-likeness (QED) is 0.313. The van der Waals surface area contributed by atoms with E-state index in [4.69, 9.17) is 34.0 Å². The molecule has 1 saturated heterocycles. The Morgan fingerprint density at radius 2 is 1.77 bits per heavy atom. The second-order valence-electron chi connectivity index (χ2n) is 10.4. The predicted molar refractivity (Wildman–Crippen MR) is 150 cm³/mol. The molecule has 35 heavy (non-hydrogen) atoms. The van der Waals surface area contributed by atoms with Crippen molar-refractivity contribution >= 4 is 64.3 Å². The summed E-state index contributed by atoms with van der Waals surface area (Å²) in [5.41, 5.74) is 7.80. The number of halogens is 2. The van der Waals surface area contributed by atoms with Crippen LogP contribution < -0.4 is 5.73 Å². The van der Waals surface area contributed by atoms with Crippen LogP contribution in [0.4, 0.5) is 0 Å². The molecule has 1 aliphatic heterocycles. The smallest absolute Gasteiger partial charge is 0.266 e. The number of carbonyl (C=O) groups excluding carboxylic acids is 1. The minimum Gasteiger partial charge on any atom is -0.456 e. The summed E-state index contributed by atoms with van der Waals surface area (Å²) >= 11 is 13.3. The Morgan fingerprint density at radius 1 is 1.11 bits per heavy atom. The van der Waals surface area contributed by atoms with Gasteiger partial charge in [-0.05, 0) is 111 Å². The molecule has 186 valence electrons. The van der Waals surface area contributed by atoms with Crippen molar-refractivity contribution in [1.82, 2.24) is 4.90 Å². The van der Waals surface area contributed by atoms with E-state index in [-0.39, 0.29) is 24.4 Å². The van der Waals surface area contributed by atoms with E-state index in [0.29, 0.717) is 32.6 Å². The van der Waals surface area contributed by atoms with Crippen molar-refractivity contribution < 1.29 is 9.21 Å². The number of hydrogen-bond acceptors (Lipinski definition) is 5. The summed E-state index contributed by atoms with van der Waals surface area (Å²) in [6.45, 7) is 0.607. The summed E-state index contributed by atoms with van der Waals surface area (Å²) in [5, 5.41) is 0.687. The van der Waals surface area contributed by atoms with Gasteiger partial charge < -0.3 is 10.2 Å². The number of nitrogens with two attached hydrogens (primary N) is 1. The second kappa shape index (κ2) is 10.2. The number of hydrogen-bond donors (Lipinski definition) is 1. The Labute approximate surface area is 227 Å². The van der Waals surface area contributed by atoms with Crippen molar-refractivity contribution in [1.29, 1.82) is 0 Å². The normalized spacial score (nSPS) is 30.4. The third-order valence-electron chi connectivity index (χ3n) is 8.18. The zero-order valence-corrected chi connectivity index (χ0v) is 22.7. The van der Waals surface area contributed by atoms with Crippen LogP contribution >= 0.6 is 48.0 Å². The molecular formula is C27H30Cl2N2O2S2. The predicted octanol–water partition coefficient (Wildman–Crippen LogP) is 6.94. The monoisotopic (exact) mass is 548 g/mol. The fourth-order valence-electron chi connectivity index (χ4n) is 6.98. The third-order valence-corrected chi connectivity index (χ3v) is 9.76. The molecule has 1 aromatic heterocycles. The maximum absolute atomic E-state index is 13.7. The number of amides is 1. The van der Waals surface area contributed by atoms with Crippen LogP contribution in [-0.4, -0.2) is 27.7 Å². The number of aryl methyl sites for hydroxylation is 1. The molecule has 2 N–H and O–H groups in total. The molecule has 2 aromatic rings. The van der Waals surface area contributed by atoms with Crippen molar-refractivity contribution in [2.45, 2.75) is 51.0 Å². The molecule has 4 saturated carbocycles. The van der Waals surface area contributed by atoms with E-state index < -0.39 is 0 Å². The number of thioether (sulfide) groups is 1. The number of carbonyl (C=O) groups is 1. The fourth-order valence-corrected chi connectivity index (χ4v) is 8.43. The van der Waals surface area contributed by atoms with Gasteiger partial charge in [0.1, 0.15) is 15.8 Å². The largest absolute Gasteiger partial charge is 0.456 e. The van der Waals surface area contributed by atoms with Crippen LogP contribution in [0, 0.1) is 23.7 Å². The zero-order valence-electron chi connectivity index (χ0n) is 19.5. The molecule has 4 nitrogen and oxygen atoms in total. The molecule has 1 amide bonds. The van der Waals surface area contributed by atoms with Crippen LogP contribution in [0.25, 0.3) is 17.4 Å². The Bertz CT molecular complexity index is 1130. The van der Waals surface area contributed by atoms with Crippen LogP contribution in [0.1, 0.15) is 49.8 Å². The maximum Gasteiger partial charge on any atom is 0.266 e. The number of furan rings is 1. The average molecular weight is 550 g/mol. The first-order chi connectivity index (χ1) is 16.5. The minimum absolute atomic E-state index is 0. The van der Waals surface area contributed by atoms with E-state index in [1.54, 1.807) is 0 Å². The highest BCUT2D eigenvalue weighted by Gasteiger charge is 2.53. The van der Waals surface area contributed by atoms with Crippen molar-refractivity contribution in [3.8, 4) is 11.3 Å². The standard InChI is InChI=1S/C27H29ClN2O2S2.ClH/c28-21-5-3-17(4-6-21)22-13-18(2-1-7-29)23(32-22)14-24-26(31)30(27(33)34-24)25-19-9-15-8-16(11-19)12-20(25)10-15;/h3-6,13-16,19-20,25H,1-2,7-12,29H2;1H/b24-14+;. The van der Waals surface area contributed by atoms with Gasteiger partial charge >= 0.3 is 0 Å². The summed E-state index contributed by atoms with van der Waals surface area (Å²) in [6.07, 6.45) is 10.0. The molecule has 0 unspecified atom stereocenters. The number of rotatable bonds is 6. The summed E-state index contributed by atoms with van der Waals surface area (Å²) in [4.78, 5) is 16.3. The Morgan fingerprint density at radius 3 is 2.40 bits per heavy atom. The third kappa shape index (κ3) is 4.73. The van der Waals surface area contributed by atoms with Crippen LogP contribution in [-0.2, 0) is 11.2 Å². The molecule has 5 fully saturated rings. The van der Waals surface area contributed by atoms with Gasteiger partial charge in [0.25, 0.3) is 5.91 Å². The zero-order chi connectivity index (χ0) is 23.4. The summed E-state index contributed by atoms with van der Waals surface area (Å²) in [5.74, 6) is 4.51. The fraction of sp³-hybridized carbons (Fsp3) is 0.481. The lowest BCUT2D eigenvalue weighted by molar-refractivity contribution is -0.130. The van der Waals surface area contributed by atoms with Gasteiger partial charge in [0.15, 0.2) is 0 Å². The van der Waals surface area contributed by atoms with E-state index in [0.717, 1.165) is 47.3 Å². The molecule has 1 aromatic carbocycles. The molecule has 5 aliphatic rings. The molecule has 2 heterocycles. The Kier molecular flexibility index (Phi) is 7.40. The van der Waals surface area contributed by atoms with E-state index in [2.05, 4.69) is 6.07 Å². The lowest BCUT2D eigenvalue weighted by atomic mass is 9.54. The van der Waals surface area contributed by atoms with E-state index >= 15 is 0 Å². The van der Waals surface area contributed by atoms with Gasteiger partial charge in [-0.3, -0.25) is 9.69 Å². The topological polar surface area (TPSA) is 59.5 Å². The van der Waals surface area contributed by atoms with Gasteiger partial charge in [-0.1, -0.05) is 35.6 Å². The number of benzene rings is 1. The van der Waals surface area contributed by atoms with Crippen molar-refractivity contribution in [2.24, 2.45) is 29.4 Å². The molecular weight excluding hydrogens is 519 g/mol. The maximum atomic E-state index is 13.7. The average Bonchev–Trinajstić information content (AvgIpc) is 3.33. The first-order valence-corrected chi connectivity index (χ1v) is 14.0. The molecule has 0 atom stereocenters. The molecule has 4 bridgehead atoms. The summed E-state index contributed by atoms with van der Waals surface area (Å²) in [7, 11) is 0. The molecule has 0 radical (unpaired) electrons. The van der Waals surface area contributed by atoms with E-state index in [1.165, 1.54) is 43.9 Å². The number of thiocarbonyl (C=S) groups is 1. The molecule has 7 rings (SSSR count). The lowest BCUT2D eigenvalue weighted by Crippen LogP contribution is -2.57. The molecule has 0 spiro atoms. The van der Waals surface area contributed by atoms with Crippen LogP contribution in [0.3, 0.4) is 0 Å². The highest BCUT2D eigenvalue weighted by atomic mass is 35.5. The summed E-state index contributed by atoms with van der Waals surface area (Å²) in [6, 6.07) is 9.95. The second-order valence-corrected chi connectivity index (χ2v) is 12.5.